The molecule has 2 amide bonds. The van der Waals surface area contributed by atoms with Crippen LogP contribution in [0.4, 0.5) is 14.3 Å². The van der Waals surface area contributed by atoms with Crippen LogP contribution in [0.3, 0.4) is 0 Å². The third kappa shape index (κ3) is 4.47. The molecule has 0 bridgehead atoms. The second-order valence-electron chi connectivity index (χ2n) is 4.38. The number of urea groups is 1. The zero-order valence-electron chi connectivity index (χ0n) is 11.4. The lowest BCUT2D eigenvalue weighted by molar-refractivity contribution is 0.202. The summed E-state index contributed by atoms with van der Waals surface area (Å²) in [5.74, 6) is -0.282. The van der Waals surface area contributed by atoms with Gasteiger partial charge in [0, 0.05) is 20.0 Å². The molecule has 2 aromatic rings. The van der Waals surface area contributed by atoms with Crippen LogP contribution in [0.25, 0.3) is 0 Å². The number of carbonyl (C=O) groups is 1. The van der Waals surface area contributed by atoms with Gasteiger partial charge < -0.3 is 10.0 Å². The van der Waals surface area contributed by atoms with Gasteiger partial charge >= 0.3 is 6.03 Å². The number of carbonyl (C=O) groups excluding carboxylic acids is 1. The smallest absolute Gasteiger partial charge is 0.323 e. The summed E-state index contributed by atoms with van der Waals surface area (Å²) in [6, 6.07) is 5.80. The first-order valence-corrected chi connectivity index (χ1v) is 7.10. The topological polar surface area (TPSA) is 78.4 Å². The first kappa shape index (κ1) is 15.3. The van der Waals surface area contributed by atoms with E-state index in [1.807, 2.05) is 0 Å². The number of nitrogens with one attached hydrogen (secondary N) is 1. The maximum absolute atomic E-state index is 12.8. The molecule has 8 heteroatoms. The summed E-state index contributed by atoms with van der Waals surface area (Å²) in [7, 11) is 1.58. The molecule has 21 heavy (non-hydrogen) atoms. The Morgan fingerprint density at radius 3 is 2.76 bits per heavy atom. The fraction of sp³-hybridized carbons (Fsp3) is 0.308. The Hall–Kier alpha value is -2.06. The molecule has 0 saturated carbocycles. The van der Waals surface area contributed by atoms with Crippen molar-refractivity contribution in [3.05, 3.63) is 40.7 Å². The molecule has 1 aromatic carbocycles. The molecular formula is C13H15FN4O2S. The Morgan fingerprint density at radius 1 is 1.38 bits per heavy atom. The number of halogens is 1. The molecule has 2 N–H and O–H groups in total. The predicted octanol–water partition coefficient (Wildman–Crippen LogP) is 1.72. The van der Waals surface area contributed by atoms with Gasteiger partial charge in [0.05, 0.1) is 6.61 Å². The van der Waals surface area contributed by atoms with Gasteiger partial charge in [-0.25, -0.2) is 9.18 Å². The SMILES string of the molecule is CN(CCO)C(=O)Nc1nnc(Cc2ccc(F)cc2)s1. The van der Waals surface area contributed by atoms with E-state index >= 15 is 0 Å². The van der Waals surface area contributed by atoms with Gasteiger partial charge in [0.2, 0.25) is 5.13 Å². The lowest BCUT2D eigenvalue weighted by Crippen LogP contribution is -2.33. The normalized spacial score (nSPS) is 10.4. The summed E-state index contributed by atoms with van der Waals surface area (Å²) in [4.78, 5) is 13.1. The molecule has 0 aliphatic rings. The molecule has 0 aliphatic carbocycles. The van der Waals surface area contributed by atoms with Crippen LogP contribution >= 0.6 is 11.3 Å². The summed E-state index contributed by atoms with van der Waals surface area (Å²) in [6.45, 7) is 0.142. The third-order valence-corrected chi connectivity index (χ3v) is 3.57. The molecule has 0 fully saturated rings. The monoisotopic (exact) mass is 310 g/mol. The summed E-state index contributed by atoms with van der Waals surface area (Å²) in [5.41, 5.74) is 0.919. The molecule has 2 rings (SSSR count). The van der Waals surface area contributed by atoms with Gasteiger partial charge in [-0.05, 0) is 17.7 Å². The number of likely N-dealkylation sites (N-methyl/N-ethyl adjacent to an activating group) is 1. The highest BCUT2D eigenvalue weighted by Gasteiger charge is 2.11. The van der Waals surface area contributed by atoms with Gasteiger partial charge in [-0.3, -0.25) is 5.32 Å². The molecular weight excluding hydrogens is 295 g/mol. The zero-order chi connectivity index (χ0) is 15.2. The van der Waals surface area contributed by atoms with Crippen LogP contribution in [0.15, 0.2) is 24.3 Å². The number of benzene rings is 1. The zero-order valence-corrected chi connectivity index (χ0v) is 12.2. The fourth-order valence-corrected chi connectivity index (χ4v) is 2.35. The molecule has 6 nitrogen and oxygen atoms in total. The second-order valence-corrected chi connectivity index (χ2v) is 5.44. The van der Waals surface area contributed by atoms with Crippen molar-refractivity contribution in [1.29, 1.82) is 0 Å². The maximum atomic E-state index is 12.8. The summed E-state index contributed by atoms with van der Waals surface area (Å²) in [6.07, 6.45) is 0.528. The Morgan fingerprint density at radius 2 is 2.10 bits per heavy atom. The number of anilines is 1. The van der Waals surface area contributed by atoms with E-state index in [1.54, 1.807) is 19.2 Å². The van der Waals surface area contributed by atoms with Crippen LogP contribution in [0, 0.1) is 5.82 Å². The van der Waals surface area contributed by atoms with Crippen molar-refractivity contribution >= 4 is 22.5 Å². The van der Waals surface area contributed by atoms with E-state index in [0.29, 0.717) is 11.6 Å². The Labute approximate surface area is 125 Å². The van der Waals surface area contributed by atoms with Crippen molar-refractivity contribution in [3.8, 4) is 0 Å². The largest absolute Gasteiger partial charge is 0.395 e. The van der Waals surface area contributed by atoms with Crippen LogP contribution in [0.1, 0.15) is 10.6 Å². The first-order chi connectivity index (χ1) is 10.1. The van der Waals surface area contributed by atoms with Crippen molar-refractivity contribution < 1.29 is 14.3 Å². The van der Waals surface area contributed by atoms with Gasteiger partial charge in [-0.1, -0.05) is 23.5 Å². The van der Waals surface area contributed by atoms with Gasteiger partial charge in [0.15, 0.2) is 0 Å². The maximum Gasteiger partial charge on any atom is 0.323 e. The van der Waals surface area contributed by atoms with Gasteiger partial charge in [-0.2, -0.15) is 0 Å². The van der Waals surface area contributed by atoms with Crippen molar-refractivity contribution in [3.63, 3.8) is 0 Å². The van der Waals surface area contributed by atoms with E-state index in [0.717, 1.165) is 10.6 Å². The Kier molecular flexibility index (Phi) is 5.18. The number of amides is 2. The van der Waals surface area contributed by atoms with Crippen LogP contribution < -0.4 is 5.32 Å². The molecule has 1 aromatic heterocycles. The highest BCUT2D eigenvalue weighted by molar-refractivity contribution is 7.15. The summed E-state index contributed by atoms with van der Waals surface area (Å²) in [5, 5.41) is 20.4. The van der Waals surface area contributed by atoms with E-state index < -0.39 is 0 Å². The minimum Gasteiger partial charge on any atom is -0.395 e. The number of nitrogens with zero attached hydrogens (tertiary/aromatic N) is 3. The van der Waals surface area contributed by atoms with Crippen molar-refractivity contribution in [2.75, 3.05) is 25.5 Å². The van der Waals surface area contributed by atoms with Gasteiger partial charge in [0.25, 0.3) is 0 Å². The third-order valence-electron chi connectivity index (χ3n) is 2.73. The average Bonchev–Trinajstić information content (AvgIpc) is 2.89. The fourth-order valence-electron chi connectivity index (χ4n) is 1.59. The van der Waals surface area contributed by atoms with Gasteiger partial charge in [0.1, 0.15) is 10.8 Å². The van der Waals surface area contributed by atoms with E-state index in [9.17, 15) is 9.18 Å². The number of rotatable bonds is 5. The molecule has 0 aliphatic heterocycles. The Bertz CT molecular complexity index is 602. The van der Waals surface area contributed by atoms with Crippen LogP contribution in [-0.2, 0) is 6.42 Å². The minimum atomic E-state index is -0.353. The number of aliphatic hydroxyl groups excluding tert-OH is 1. The molecule has 0 saturated heterocycles. The van der Waals surface area contributed by atoms with E-state index in [4.69, 9.17) is 5.11 Å². The lowest BCUT2D eigenvalue weighted by Gasteiger charge is -2.14. The molecule has 0 atom stereocenters. The number of aromatic nitrogens is 2. The van der Waals surface area contributed by atoms with E-state index in [2.05, 4.69) is 15.5 Å². The van der Waals surface area contributed by atoms with Crippen LogP contribution in [0.2, 0.25) is 0 Å². The predicted molar refractivity (Wildman–Crippen MR) is 77.8 cm³/mol. The number of aliphatic hydroxyl groups is 1. The Balaban J connectivity index is 1.95. The number of hydrogen-bond donors (Lipinski definition) is 2. The van der Waals surface area contributed by atoms with Crippen molar-refractivity contribution in [2.45, 2.75) is 6.42 Å². The molecule has 0 spiro atoms. The standard InChI is InChI=1S/C13H15FN4O2S/c1-18(6-7-19)13(20)15-12-17-16-11(21-12)8-9-2-4-10(14)5-3-9/h2-5,19H,6-8H2,1H3,(H,15,17,20). The minimum absolute atomic E-state index is 0.101. The molecule has 0 radical (unpaired) electrons. The van der Waals surface area contributed by atoms with Crippen molar-refractivity contribution in [1.82, 2.24) is 15.1 Å². The van der Waals surface area contributed by atoms with Crippen LogP contribution in [0.5, 0.6) is 0 Å². The average molecular weight is 310 g/mol. The van der Waals surface area contributed by atoms with E-state index in [1.165, 1.54) is 28.4 Å². The first-order valence-electron chi connectivity index (χ1n) is 6.28. The highest BCUT2D eigenvalue weighted by atomic mass is 32.1. The molecule has 0 unspecified atom stereocenters. The van der Waals surface area contributed by atoms with Crippen molar-refractivity contribution in [2.24, 2.45) is 0 Å². The quantitative estimate of drug-likeness (QED) is 0.881. The highest BCUT2D eigenvalue weighted by Crippen LogP contribution is 2.19. The van der Waals surface area contributed by atoms with E-state index in [-0.39, 0.29) is 25.0 Å². The molecule has 1 heterocycles. The molecule has 112 valence electrons. The lowest BCUT2D eigenvalue weighted by atomic mass is 10.2. The van der Waals surface area contributed by atoms with Gasteiger partial charge in [-0.15, -0.1) is 10.2 Å². The summed E-state index contributed by atoms with van der Waals surface area (Å²) < 4.78 is 12.8. The number of hydrogen-bond acceptors (Lipinski definition) is 5. The summed E-state index contributed by atoms with van der Waals surface area (Å²) >= 11 is 1.26. The van der Waals surface area contributed by atoms with Crippen LogP contribution in [-0.4, -0.2) is 46.4 Å². The second kappa shape index (κ2) is 7.09.